The van der Waals surface area contributed by atoms with E-state index in [2.05, 4.69) is 27.7 Å². The summed E-state index contributed by atoms with van der Waals surface area (Å²) in [6.07, 6.45) is 0. The molecule has 2 N–H and O–H groups in total. The molecule has 7 heteroatoms. The number of hydrogen-bond donors (Lipinski definition) is 2. The van der Waals surface area contributed by atoms with Gasteiger partial charge in [0.15, 0.2) is 0 Å². The molecule has 0 radical (unpaired) electrons. The van der Waals surface area contributed by atoms with Crippen molar-refractivity contribution < 1.29 is 29.3 Å². The van der Waals surface area contributed by atoms with Gasteiger partial charge in [0.1, 0.15) is 23.0 Å². The lowest BCUT2D eigenvalue weighted by Crippen LogP contribution is -2.29. The molecule has 1 amide bonds. The van der Waals surface area contributed by atoms with Crippen molar-refractivity contribution in [3.63, 3.8) is 0 Å². The highest BCUT2D eigenvalue weighted by molar-refractivity contribution is 6.51. The topological polar surface area (TPSA) is 96.3 Å². The molecule has 1 aliphatic rings. The molecule has 0 aliphatic carbocycles. The van der Waals surface area contributed by atoms with E-state index in [1.54, 1.807) is 54.6 Å². The van der Waals surface area contributed by atoms with Crippen molar-refractivity contribution in [1.29, 1.82) is 0 Å². The van der Waals surface area contributed by atoms with E-state index in [0.717, 1.165) is 5.56 Å². The van der Waals surface area contributed by atoms with Gasteiger partial charge >= 0.3 is 0 Å². The minimum Gasteiger partial charge on any atom is -0.508 e. The van der Waals surface area contributed by atoms with Crippen LogP contribution >= 0.6 is 0 Å². The number of carbonyl (C=O) groups is 2. The Morgan fingerprint density at radius 2 is 1.56 bits per heavy atom. The quantitative estimate of drug-likeness (QED) is 0.189. The zero-order valence-corrected chi connectivity index (χ0v) is 23.0. The number of aromatic hydroxyl groups is 1. The summed E-state index contributed by atoms with van der Waals surface area (Å²) >= 11 is 0. The summed E-state index contributed by atoms with van der Waals surface area (Å²) in [5.41, 5.74) is 2.09. The second-order valence-corrected chi connectivity index (χ2v) is 10.6. The Morgan fingerprint density at radius 3 is 2.18 bits per heavy atom. The van der Waals surface area contributed by atoms with E-state index in [9.17, 15) is 19.8 Å². The van der Waals surface area contributed by atoms with Crippen molar-refractivity contribution in [2.75, 3.05) is 18.1 Å². The zero-order chi connectivity index (χ0) is 28.3. The third-order valence-corrected chi connectivity index (χ3v) is 6.35. The van der Waals surface area contributed by atoms with Crippen molar-refractivity contribution in [3.8, 4) is 17.2 Å². The highest BCUT2D eigenvalue weighted by Crippen LogP contribution is 2.43. The van der Waals surface area contributed by atoms with Crippen LogP contribution in [-0.4, -0.2) is 35.1 Å². The van der Waals surface area contributed by atoms with E-state index in [1.165, 1.54) is 17.0 Å². The Balaban J connectivity index is 1.78. The molecule has 0 saturated carbocycles. The molecular formula is C32H35NO6. The van der Waals surface area contributed by atoms with Crippen LogP contribution in [0.4, 0.5) is 5.69 Å². The highest BCUT2D eigenvalue weighted by atomic mass is 16.5. The van der Waals surface area contributed by atoms with Gasteiger partial charge in [0.25, 0.3) is 11.7 Å². The van der Waals surface area contributed by atoms with Gasteiger partial charge in [-0.15, -0.1) is 0 Å². The first kappa shape index (κ1) is 27.8. The van der Waals surface area contributed by atoms with Crippen LogP contribution in [-0.2, 0) is 9.59 Å². The van der Waals surface area contributed by atoms with Gasteiger partial charge in [0.05, 0.1) is 24.8 Å². The Bertz CT molecular complexity index is 1390. The van der Waals surface area contributed by atoms with Crippen LogP contribution in [0.1, 0.15) is 50.4 Å². The summed E-state index contributed by atoms with van der Waals surface area (Å²) in [6.45, 7) is 11.2. The molecule has 1 aliphatic heterocycles. The van der Waals surface area contributed by atoms with Gasteiger partial charge in [-0.3, -0.25) is 14.5 Å². The van der Waals surface area contributed by atoms with Crippen LogP contribution in [0.5, 0.6) is 17.2 Å². The number of carbonyl (C=O) groups excluding carboxylic acids is 2. The first-order valence-corrected chi connectivity index (χ1v) is 13.1. The molecule has 1 fully saturated rings. The number of hydrogen-bond acceptors (Lipinski definition) is 6. The molecule has 3 aromatic carbocycles. The van der Waals surface area contributed by atoms with Gasteiger partial charge < -0.3 is 19.7 Å². The second kappa shape index (κ2) is 11.6. The van der Waals surface area contributed by atoms with E-state index in [0.29, 0.717) is 53.4 Å². The smallest absolute Gasteiger partial charge is 0.300 e. The number of amides is 1. The Morgan fingerprint density at radius 1 is 0.897 bits per heavy atom. The molecule has 39 heavy (non-hydrogen) atoms. The largest absolute Gasteiger partial charge is 0.508 e. The third-order valence-electron chi connectivity index (χ3n) is 6.35. The predicted octanol–water partition coefficient (Wildman–Crippen LogP) is 6.40. The molecule has 7 nitrogen and oxygen atoms in total. The van der Waals surface area contributed by atoms with Crippen LogP contribution in [0.15, 0.2) is 72.3 Å². The molecular weight excluding hydrogens is 494 g/mol. The molecule has 0 bridgehead atoms. The van der Waals surface area contributed by atoms with Crippen molar-refractivity contribution >= 4 is 23.1 Å². The normalized spacial score (nSPS) is 16.8. The lowest BCUT2D eigenvalue weighted by Gasteiger charge is -2.26. The van der Waals surface area contributed by atoms with Gasteiger partial charge in [0, 0.05) is 11.3 Å². The second-order valence-electron chi connectivity index (χ2n) is 10.6. The summed E-state index contributed by atoms with van der Waals surface area (Å²) in [5, 5.41) is 21.6. The summed E-state index contributed by atoms with van der Waals surface area (Å²) in [7, 11) is 0. The Kier molecular flexibility index (Phi) is 8.29. The summed E-state index contributed by atoms with van der Waals surface area (Å²) < 4.78 is 11.6. The van der Waals surface area contributed by atoms with Gasteiger partial charge in [0.2, 0.25) is 0 Å². The minimum atomic E-state index is -0.947. The molecule has 1 atom stereocenters. The number of aryl methyl sites for hydroxylation is 1. The van der Waals surface area contributed by atoms with Crippen molar-refractivity contribution in [3.05, 3.63) is 89.0 Å². The molecule has 204 valence electrons. The number of phenols is 1. The molecule has 1 saturated heterocycles. The number of ether oxygens (including phenoxy) is 2. The van der Waals surface area contributed by atoms with Crippen molar-refractivity contribution in [2.45, 2.75) is 40.7 Å². The first-order valence-electron chi connectivity index (χ1n) is 13.1. The van der Waals surface area contributed by atoms with Gasteiger partial charge in [-0.2, -0.15) is 0 Å². The third kappa shape index (κ3) is 6.08. The summed E-state index contributed by atoms with van der Waals surface area (Å²) in [6, 6.07) is 17.5. The van der Waals surface area contributed by atoms with E-state index in [1.807, 2.05) is 6.92 Å². The van der Waals surface area contributed by atoms with Crippen LogP contribution in [0.2, 0.25) is 0 Å². The predicted molar refractivity (Wildman–Crippen MR) is 151 cm³/mol. The number of ketones is 1. The fourth-order valence-electron chi connectivity index (χ4n) is 4.45. The number of anilines is 1. The Labute approximate surface area is 229 Å². The van der Waals surface area contributed by atoms with E-state index >= 15 is 0 Å². The lowest BCUT2D eigenvalue weighted by molar-refractivity contribution is -0.132. The number of rotatable bonds is 9. The summed E-state index contributed by atoms with van der Waals surface area (Å²) in [5.74, 6) is 0.156. The van der Waals surface area contributed by atoms with Crippen LogP contribution in [0, 0.1) is 18.8 Å². The highest BCUT2D eigenvalue weighted by Gasteiger charge is 2.47. The fourth-order valence-corrected chi connectivity index (χ4v) is 4.45. The van der Waals surface area contributed by atoms with Crippen LogP contribution in [0.25, 0.3) is 5.76 Å². The van der Waals surface area contributed by atoms with Gasteiger partial charge in [-0.05, 0) is 84.5 Å². The average Bonchev–Trinajstić information content (AvgIpc) is 3.16. The molecule has 0 spiro atoms. The number of Topliss-reactive ketones (excluding diaryl/α,β-unsaturated/α-hetero) is 1. The first-order chi connectivity index (χ1) is 18.6. The fraction of sp³-hybridized carbons (Fsp3) is 0.312. The minimum absolute atomic E-state index is 0.0157. The molecule has 0 aromatic heterocycles. The number of nitrogens with zero attached hydrogens (tertiary/aromatic N) is 1. The van der Waals surface area contributed by atoms with Gasteiger partial charge in [-0.25, -0.2) is 0 Å². The van der Waals surface area contributed by atoms with Crippen molar-refractivity contribution in [1.82, 2.24) is 0 Å². The van der Waals surface area contributed by atoms with Crippen molar-refractivity contribution in [2.24, 2.45) is 11.8 Å². The standard InChI is InChI=1S/C32H35NO6/c1-19(2)17-38-26-12-10-24(11-13-26)33-29(22-7-6-8-25(34)16-22)28(31(36)32(33)37)30(35)23-9-14-27(21(5)15-23)39-18-20(3)4/h6-16,19-20,29,34-35H,17-18H2,1-5H3/b30-28-. The molecule has 3 aromatic rings. The van der Waals surface area contributed by atoms with E-state index in [-0.39, 0.29) is 17.1 Å². The lowest BCUT2D eigenvalue weighted by atomic mass is 9.94. The van der Waals surface area contributed by atoms with Crippen LogP contribution in [0.3, 0.4) is 0 Å². The number of phenolic OH excluding ortho intramolecular Hbond substituents is 1. The molecule has 4 rings (SSSR count). The van der Waals surface area contributed by atoms with Gasteiger partial charge in [-0.1, -0.05) is 39.8 Å². The maximum atomic E-state index is 13.4. The number of aliphatic hydroxyl groups excluding tert-OH is 1. The number of benzene rings is 3. The zero-order valence-electron chi connectivity index (χ0n) is 23.0. The number of aliphatic hydroxyl groups is 1. The van der Waals surface area contributed by atoms with Crippen LogP contribution < -0.4 is 14.4 Å². The Hall–Kier alpha value is -4.26. The SMILES string of the molecule is Cc1cc(/C(O)=C2/C(=O)C(=O)N(c3ccc(OCC(C)C)cc3)C2c2cccc(O)c2)ccc1OCC(C)C. The maximum Gasteiger partial charge on any atom is 0.300 e. The molecule has 1 unspecified atom stereocenters. The average molecular weight is 530 g/mol. The van der Waals surface area contributed by atoms with E-state index < -0.39 is 17.7 Å². The maximum absolute atomic E-state index is 13.4. The summed E-state index contributed by atoms with van der Waals surface area (Å²) in [4.78, 5) is 28.2. The molecule has 1 heterocycles. The van der Waals surface area contributed by atoms with E-state index in [4.69, 9.17) is 9.47 Å². The monoisotopic (exact) mass is 529 g/mol.